The smallest absolute Gasteiger partial charge is 0.462 e. The van der Waals surface area contributed by atoms with Crippen molar-refractivity contribution in [2.75, 3.05) is 26.4 Å². The second-order valence-electron chi connectivity index (χ2n) is 20.2. The van der Waals surface area contributed by atoms with Crippen LogP contribution >= 0.6 is 7.82 Å². The summed E-state index contributed by atoms with van der Waals surface area (Å²) in [5.41, 5.74) is 0. The van der Waals surface area contributed by atoms with Crippen LogP contribution in [0.5, 0.6) is 0 Å². The van der Waals surface area contributed by atoms with Crippen LogP contribution in [-0.2, 0) is 42.2 Å². The van der Waals surface area contributed by atoms with Gasteiger partial charge in [0.25, 0.3) is 0 Å². The first-order chi connectivity index (χ1) is 35.2. The zero-order chi connectivity index (χ0) is 52.7. The molecule has 0 bridgehead atoms. The Morgan fingerprint density at radius 3 is 1.07 bits per heavy atom. The maximum atomic E-state index is 12.9. The molecule has 72 heavy (non-hydrogen) atoms. The van der Waals surface area contributed by atoms with E-state index >= 15 is 0 Å². The first-order valence-electron chi connectivity index (χ1n) is 29.9. The normalized spacial score (nSPS) is 13.6. The lowest BCUT2D eigenvalue weighted by Gasteiger charge is -2.21. The first kappa shape index (κ1) is 69.7. The second kappa shape index (κ2) is 54.9. The maximum Gasteiger partial charge on any atom is 0.472 e. The number of hydrogen-bond donors (Lipinski definition) is 2. The van der Waals surface area contributed by atoms with Crippen molar-refractivity contribution in [1.29, 1.82) is 0 Å². The summed E-state index contributed by atoms with van der Waals surface area (Å²) in [6.07, 6.45) is 56.7. The lowest BCUT2D eigenvalue weighted by molar-refractivity contribution is -0.161. The first-order valence-corrected chi connectivity index (χ1v) is 31.4. The fourth-order valence-electron chi connectivity index (χ4n) is 8.44. The molecule has 0 fully saturated rings. The number of carbonyl (C=O) groups is 3. The Labute approximate surface area is 441 Å². The predicted molar refractivity (Wildman–Crippen MR) is 298 cm³/mol. The maximum absolute atomic E-state index is 12.9. The minimum atomic E-state index is -4.74. The number of aliphatic hydroxyl groups excluding tert-OH is 1. The molecule has 0 aliphatic heterocycles. The Hall–Kier alpha value is -2.30. The van der Waals surface area contributed by atoms with Crippen LogP contribution in [0, 0.1) is 0 Å². The quantitative estimate of drug-likeness (QED) is 0.0197. The van der Waals surface area contributed by atoms with E-state index in [1.165, 1.54) is 148 Å². The number of hydrogen-bond acceptors (Lipinski definition) is 10. The number of carbonyl (C=O) groups excluding carboxylic acids is 3. The summed E-state index contributed by atoms with van der Waals surface area (Å²) in [7, 11) is -4.74. The Bertz CT molecular complexity index is 1350. The minimum Gasteiger partial charge on any atom is -0.462 e. The van der Waals surface area contributed by atoms with Gasteiger partial charge >= 0.3 is 25.7 Å². The number of phosphoric acid groups is 1. The summed E-state index contributed by atoms with van der Waals surface area (Å²) in [5.74, 6) is -1.46. The Balaban J connectivity index is 4.69. The van der Waals surface area contributed by atoms with Gasteiger partial charge in [-0.05, 0) is 77.0 Å². The predicted octanol–water partition coefficient (Wildman–Crippen LogP) is 17.6. The van der Waals surface area contributed by atoms with E-state index in [1.807, 2.05) is 0 Å². The molecular formula is C60H111O11P. The molecule has 422 valence electrons. The highest BCUT2D eigenvalue weighted by atomic mass is 31.2. The van der Waals surface area contributed by atoms with Gasteiger partial charge in [0.2, 0.25) is 0 Å². The molecule has 0 amide bonds. The van der Waals surface area contributed by atoms with Crippen molar-refractivity contribution >= 4 is 25.7 Å². The topological polar surface area (TPSA) is 155 Å². The van der Waals surface area contributed by atoms with E-state index in [0.717, 1.165) is 83.5 Å². The highest BCUT2D eigenvalue weighted by Gasteiger charge is 2.28. The van der Waals surface area contributed by atoms with Crippen LogP contribution in [0.15, 0.2) is 36.5 Å². The van der Waals surface area contributed by atoms with Gasteiger partial charge in [0.1, 0.15) is 12.7 Å². The average molecular weight is 1040 g/mol. The van der Waals surface area contributed by atoms with Gasteiger partial charge in [0.15, 0.2) is 6.10 Å². The third-order valence-corrected chi connectivity index (χ3v) is 14.0. The van der Waals surface area contributed by atoms with Crippen LogP contribution < -0.4 is 0 Å². The molecule has 0 aromatic carbocycles. The van der Waals surface area contributed by atoms with Gasteiger partial charge in [-0.15, -0.1) is 0 Å². The number of rotatable bonds is 56. The molecule has 0 rings (SSSR count). The number of unbranched alkanes of at least 4 members (excludes halogenated alkanes) is 33. The lowest BCUT2D eigenvalue weighted by atomic mass is 10.1. The molecule has 0 saturated heterocycles. The Morgan fingerprint density at radius 1 is 0.389 bits per heavy atom. The van der Waals surface area contributed by atoms with Crippen molar-refractivity contribution in [3.05, 3.63) is 36.5 Å². The third-order valence-electron chi connectivity index (χ3n) is 13.0. The largest absolute Gasteiger partial charge is 0.472 e. The number of phosphoric ester groups is 1. The van der Waals surface area contributed by atoms with Crippen LogP contribution in [0.4, 0.5) is 0 Å². The molecular weight excluding hydrogens is 928 g/mol. The van der Waals surface area contributed by atoms with E-state index in [1.54, 1.807) is 0 Å². The molecule has 0 aromatic rings. The summed E-state index contributed by atoms with van der Waals surface area (Å²) in [4.78, 5) is 48.5. The van der Waals surface area contributed by atoms with Crippen molar-refractivity contribution in [3.63, 3.8) is 0 Å². The number of aliphatic hydroxyl groups is 1. The molecule has 2 N–H and O–H groups in total. The lowest BCUT2D eigenvalue weighted by Crippen LogP contribution is -2.30. The molecule has 0 heterocycles. The average Bonchev–Trinajstić information content (AvgIpc) is 3.37. The Kier molecular flexibility index (Phi) is 53.2. The SMILES string of the molecule is CCCCC/C=C\C/C=C\CCCCCCCC(=O)OC(COC(=O)CCCCCCCCCCC/C=C\CCCCCCCC)COP(=O)(O)OCC(CO)OC(=O)CCCCCCCCCCCCC. The molecule has 3 atom stereocenters. The number of allylic oxidation sites excluding steroid dienone is 6. The standard InChI is InChI=1S/C60H111O11P/c1-4-7-10-13-16-19-22-24-26-27-28-29-31-32-35-37-40-43-46-49-58(62)67-53-57(71-60(64)51-48-45-42-39-36-33-30-25-23-20-17-14-11-8-5-2)55-69-72(65,66)68-54-56(52-61)70-59(63)50-47-44-41-38-34-21-18-15-12-9-6-3/h17,20,24-26,30,56-57,61H,4-16,18-19,21-23,27-29,31-55H2,1-3H3,(H,65,66)/b20-17-,26-24-,30-25-. The van der Waals surface area contributed by atoms with E-state index < -0.39 is 57.8 Å². The van der Waals surface area contributed by atoms with Crippen LogP contribution in [0.1, 0.15) is 290 Å². The number of esters is 3. The van der Waals surface area contributed by atoms with Gasteiger partial charge < -0.3 is 24.2 Å². The molecule has 3 unspecified atom stereocenters. The van der Waals surface area contributed by atoms with Gasteiger partial charge in [-0.1, -0.05) is 231 Å². The molecule has 0 aromatic heterocycles. The molecule has 0 spiro atoms. The van der Waals surface area contributed by atoms with E-state index in [-0.39, 0.29) is 25.9 Å². The van der Waals surface area contributed by atoms with Crippen LogP contribution in [0.2, 0.25) is 0 Å². The van der Waals surface area contributed by atoms with Crippen molar-refractivity contribution in [1.82, 2.24) is 0 Å². The van der Waals surface area contributed by atoms with Gasteiger partial charge in [-0.3, -0.25) is 23.4 Å². The third kappa shape index (κ3) is 52.6. The summed E-state index contributed by atoms with van der Waals surface area (Å²) in [5, 5.41) is 9.80. The van der Waals surface area contributed by atoms with Crippen molar-refractivity contribution in [2.24, 2.45) is 0 Å². The van der Waals surface area contributed by atoms with Gasteiger partial charge in [-0.25, -0.2) is 4.57 Å². The zero-order valence-corrected chi connectivity index (χ0v) is 47.6. The zero-order valence-electron chi connectivity index (χ0n) is 46.7. The summed E-state index contributed by atoms with van der Waals surface area (Å²) >= 11 is 0. The van der Waals surface area contributed by atoms with E-state index in [2.05, 4.69) is 57.2 Å². The summed E-state index contributed by atoms with van der Waals surface area (Å²) in [6.45, 7) is 4.63. The highest BCUT2D eigenvalue weighted by Crippen LogP contribution is 2.43. The van der Waals surface area contributed by atoms with Crippen LogP contribution in [0.25, 0.3) is 0 Å². The molecule has 0 aliphatic rings. The minimum absolute atomic E-state index is 0.154. The van der Waals surface area contributed by atoms with Gasteiger partial charge in [-0.2, -0.15) is 0 Å². The fraction of sp³-hybridized carbons (Fsp3) is 0.850. The summed E-state index contributed by atoms with van der Waals surface area (Å²) < 4.78 is 39.5. The van der Waals surface area contributed by atoms with E-state index in [9.17, 15) is 28.9 Å². The molecule has 12 heteroatoms. The Morgan fingerprint density at radius 2 is 0.681 bits per heavy atom. The molecule has 0 radical (unpaired) electrons. The summed E-state index contributed by atoms with van der Waals surface area (Å²) in [6, 6.07) is 0. The molecule has 0 aliphatic carbocycles. The van der Waals surface area contributed by atoms with Crippen molar-refractivity contribution < 1.29 is 52.2 Å². The van der Waals surface area contributed by atoms with Crippen LogP contribution in [0.3, 0.4) is 0 Å². The second-order valence-corrected chi connectivity index (χ2v) is 21.6. The van der Waals surface area contributed by atoms with E-state index in [0.29, 0.717) is 19.3 Å². The van der Waals surface area contributed by atoms with E-state index in [4.69, 9.17) is 23.3 Å². The van der Waals surface area contributed by atoms with Gasteiger partial charge in [0.05, 0.1) is 19.8 Å². The van der Waals surface area contributed by atoms with Crippen molar-refractivity contribution in [3.8, 4) is 0 Å². The van der Waals surface area contributed by atoms with Crippen LogP contribution in [-0.4, -0.2) is 66.5 Å². The fourth-order valence-corrected chi connectivity index (χ4v) is 9.23. The van der Waals surface area contributed by atoms with Crippen molar-refractivity contribution in [2.45, 2.75) is 303 Å². The number of ether oxygens (including phenoxy) is 3. The van der Waals surface area contributed by atoms with Gasteiger partial charge in [0, 0.05) is 19.3 Å². The molecule has 11 nitrogen and oxygen atoms in total. The molecule has 0 saturated carbocycles. The monoisotopic (exact) mass is 1040 g/mol. The highest BCUT2D eigenvalue weighted by molar-refractivity contribution is 7.47.